The molecule has 0 radical (unpaired) electrons. The summed E-state index contributed by atoms with van der Waals surface area (Å²) < 4.78 is 71.8. The minimum atomic E-state index is -4.58. The second-order valence-electron chi connectivity index (χ2n) is 12.4. The highest BCUT2D eigenvalue weighted by Crippen LogP contribution is 2.41. The number of likely N-dealkylation sites (tertiary alicyclic amines) is 2. The number of ether oxygens (including phenoxy) is 1. The Morgan fingerprint density at radius 2 is 1.48 bits per heavy atom. The lowest BCUT2D eigenvalue weighted by Gasteiger charge is -2.43. The molecule has 3 aromatic carbocycles. The van der Waals surface area contributed by atoms with Gasteiger partial charge in [-0.15, -0.1) is 11.8 Å². The Bertz CT molecular complexity index is 1610. The first-order valence-electron chi connectivity index (χ1n) is 15.2. The summed E-state index contributed by atoms with van der Waals surface area (Å²) in [4.78, 5) is 17.8. The molecule has 14 heteroatoms. The molecular formula is C34H39Cl2F5N4O2S. The first-order chi connectivity index (χ1) is 22.5. The number of carbonyl (C=O) groups is 1. The Labute approximate surface area is 292 Å². The van der Waals surface area contributed by atoms with E-state index < -0.39 is 34.5 Å². The summed E-state index contributed by atoms with van der Waals surface area (Å²) in [7, 11) is 5.15. The molecule has 2 aliphatic heterocycles. The number of thioether (sulfide) groups is 1. The van der Waals surface area contributed by atoms with Gasteiger partial charge < -0.3 is 25.6 Å². The number of halogens is 7. The van der Waals surface area contributed by atoms with Crippen molar-refractivity contribution >= 4 is 40.9 Å². The van der Waals surface area contributed by atoms with E-state index in [1.54, 1.807) is 12.3 Å². The first kappa shape index (κ1) is 38.2. The first-order valence-corrected chi connectivity index (χ1v) is 17.2. The Kier molecular flexibility index (Phi) is 12.3. The molecule has 3 N–H and O–H groups in total. The van der Waals surface area contributed by atoms with Crippen molar-refractivity contribution in [2.75, 3.05) is 53.6 Å². The van der Waals surface area contributed by atoms with Crippen molar-refractivity contribution in [3.63, 3.8) is 0 Å². The molecule has 262 valence electrons. The standard InChI is InChI=1S/C22H23ClF4N2O2S.C12H16ClFN2/c1-29-8-4-7-21(12-29,15-6-5-14(24)11-16(15)23)28-20(30)19-17(31-2)9-13(22(25,26)27)10-18(19)32-3;1-16-6-2-5-12(15,8-16)10-4-3-9(14)7-11(10)13/h5-6,9-11H,4,7-8,12H2,1-3H3,(H,28,30);3-4,7H,2,5-6,8,15H2,1H3. The molecule has 0 aromatic heterocycles. The number of carbonyl (C=O) groups excluding carboxylic acids is 1. The summed E-state index contributed by atoms with van der Waals surface area (Å²) >= 11 is 13.4. The number of nitrogens with two attached hydrogens (primary N) is 1. The molecule has 3 aromatic rings. The van der Waals surface area contributed by atoms with Crippen LogP contribution in [-0.2, 0) is 17.3 Å². The molecule has 5 rings (SSSR count). The fraction of sp³-hybridized carbons (Fsp3) is 0.441. The van der Waals surface area contributed by atoms with Crippen LogP contribution >= 0.6 is 35.0 Å². The summed E-state index contributed by atoms with van der Waals surface area (Å²) in [5, 5.41) is 3.60. The van der Waals surface area contributed by atoms with Crippen molar-refractivity contribution < 1.29 is 31.5 Å². The van der Waals surface area contributed by atoms with E-state index in [-0.39, 0.29) is 27.0 Å². The van der Waals surface area contributed by atoms with Gasteiger partial charge in [0.05, 0.1) is 29.3 Å². The van der Waals surface area contributed by atoms with Crippen molar-refractivity contribution in [1.29, 1.82) is 0 Å². The Balaban J connectivity index is 0.000000271. The van der Waals surface area contributed by atoms with E-state index in [1.165, 1.54) is 37.4 Å². The number of methoxy groups -OCH3 is 1. The van der Waals surface area contributed by atoms with Gasteiger partial charge in [0.1, 0.15) is 17.4 Å². The zero-order chi connectivity index (χ0) is 35.4. The normalized spacial score (nSPS) is 22.1. The van der Waals surface area contributed by atoms with Crippen LogP contribution in [-0.4, -0.2) is 69.3 Å². The summed E-state index contributed by atoms with van der Waals surface area (Å²) in [6, 6.07) is 10.2. The van der Waals surface area contributed by atoms with Gasteiger partial charge in [-0.05, 0) is 107 Å². The van der Waals surface area contributed by atoms with Crippen LogP contribution < -0.4 is 15.8 Å². The predicted octanol–water partition coefficient (Wildman–Crippen LogP) is 7.94. The molecule has 2 aliphatic rings. The third-order valence-corrected chi connectivity index (χ3v) is 10.1. The van der Waals surface area contributed by atoms with Crippen molar-refractivity contribution in [3.8, 4) is 5.75 Å². The molecule has 0 aliphatic carbocycles. The highest BCUT2D eigenvalue weighted by molar-refractivity contribution is 7.98. The lowest BCUT2D eigenvalue weighted by Crippen LogP contribution is -2.55. The lowest BCUT2D eigenvalue weighted by molar-refractivity contribution is -0.137. The Morgan fingerprint density at radius 1 is 0.917 bits per heavy atom. The molecule has 2 unspecified atom stereocenters. The van der Waals surface area contributed by atoms with Crippen molar-refractivity contribution in [3.05, 3.63) is 92.5 Å². The fourth-order valence-electron chi connectivity index (χ4n) is 6.53. The molecule has 1 amide bonds. The van der Waals surface area contributed by atoms with Gasteiger partial charge in [0, 0.05) is 28.0 Å². The number of piperidine rings is 2. The Hall–Kier alpha value is -2.61. The van der Waals surface area contributed by atoms with Crippen LogP contribution in [0.3, 0.4) is 0 Å². The second kappa shape index (κ2) is 15.5. The monoisotopic (exact) mass is 732 g/mol. The molecule has 2 heterocycles. The molecule has 0 bridgehead atoms. The van der Waals surface area contributed by atoms with Gasteiger partial charge in [0.25, 0.3) is 5.91 Å². The van der Waals surface area contributed by atoms with Crippen LogP contribution in [0.5, 0.6) is 5.75 Å². The van der Waals surface area contributed by atoms with Crippen LogP contribution in [0.15, 0.2) is 53.4 Å². The van der Waals surface area contributed by atoms with Gasteiger partial charge >= 0.3 is 6.18 Å². The number of alkyl halides is 3. The van der Waals surface area contributed by atoms with Gasteiger partial charge in [0.15, 0.2) is 0 Å². The van der Waals surface area contributed by atoms with E-state index in [4.69, 9.17) is 33.7 Å². The summed E-state index contributed by atoms with van der Waals surface area (Å²) in [6.45, 7) is 3.02. The maximum absolute atomic E-state index is 13.7. The zero-order valence-corrected chi connectivity index (χ0v) is 29.4. The fourth-order valence-corrected chi connectivity index (χ4v) is 7.88. The molecule has 6 nitrogen and oxygen atoms in total. The molecule has 2 fully saturated rings. The summed E-state index contributed by atoms with van der Waals surface area (Å²) in [5.74, 6) is -1.58. The van der Waals surface area contributed by atoms with Gasteiger partial charge in [0.2, 0.25) is 0 Å². The quantitative estimate of drug-likeness (QED) is 0.198. The number of nitrogens with zero attached hydrogens (tertiary/aromatic N) is 2. The third-order valence-electron chi connectivity index (χ3n) is 8.73. The van der Waals surface area contributed by atoms with Crippen molar-refractivity contribution in [2.45, 2.75) is 47.8 Å². The zero-order valence-electron chi connectivity index (χ0n) is 27.1. The van der Waals surface area contributed by atoms with Crippen LogP contribution in [0.4, 0.5) is 22.0 Å². The molecule has 2 atom stereocenters. The molecule has 2 saturated heterocycles. The van der Waals surface area contributed by atoms with E-state index >= 15 is 0 Å². The van der Waals surface area contributed by atoms with Crippen LogP contribution in [0.1, 0.15) is 52.7 Å². The number of rotatable bonds is 6. The number of amides is 1. The predicted molar refractivity (Wildman–Crippen MR) is 181 cm³/mol. The number of hydrogen-bond donors (Lipinski definition) is 2. The number of hydrogen-bond acceptors (Lipinski definition) is 6. The second-order valence-corrected chi connectivity index (χ2v) is 14.0. The van der Waals surface area contributed by atoms with E-state index in [0.29, 0.717) is 23.6 Å². The third kappa shape index (κ3) is 8.75. The van der Waals surface area contributed by atoms with Crippen LogP contribution in [0.25, 0.3) is 0 Å². The Morgan fingerprint density at radius 3 is 1.98 bits per heavy atom. The average molecular weight is 734 g/mol. The van der Waals surface area contributed by atoms with Crippen molar-refractivity contribution in [2.24, 2.45) is 5.73 Å². The number of likely N-dealkylation sites (N-methyl/N-ethyl adjacent to an activating group) is 2. The largest absolute Gasteiger partial charge is 0.496 e. The van der Waals surface area contributed by atoms with Crippen molar-refractivity contribution in [1.82, 2.24) is 15.1 Å². The maximum Gasteiger partial charge on any atom is 0.416 e. The van der Waals surface area contributed by atoms with E-state index in [0.717, 1.165) is 68.4 Å². The van der Waals surface area contributed by atoms with Gasteiger partial charge in [-0.1, -0.05) is 35.3 Å². The van der Waals surface area contributed by atoms with Gasteiger partial charge in [-0.25, -0.2) is 8.78 Å². The smallest absolute Gasteiger partial charge is 0.416 e. The summed E-state index contributed by atoms with van der Waals surface area (Å²) in [5.41, 5.74) is 5.50. The van der Waals surface area contributed by atoms with E-state index in [9.17, 15) is 26.7 Å². The minimum absolute atomic E-state index is 0.0128. The molecule has 48 heavy (non-hydrogen) atoms. The van der Waals surface area contributed by atoms with Crippen LogP contribution in [0.2, 0.25) is 10.0 Å². The lowest BCUT2D eigenvalue weighted by atomic mass is 9.81. The molecule has 0 saturated carbocycles. The SMILES string of the molecule is CN1CCCC(N)(c2ccc(F)cc2Cl)C1.COc1cc(C(F)(F)F)cc(SC)c1C(=O)NC1(c2ccc(F)cc2Cl)CCCN(C)C1. The number of nitrogens with one attached hydrogen (secondary N) is 1. The molecular weight excluding hydrogens is 694 g/mol. The average Bonchev–Trinajstić information content (AvgIpc) is 2.99. The van der Waals surface area contributed by atoms with Crippen LogP contribution in [0, 0.1) is 11.6 Å². The van der Waals surface area contributed by atoms with Gasteiger partial charge in [-0.3, -0.25) is 4.79 Å². The topological polar surface area (TPSA) is 70.8 Å². The highest BCUT2D eigenvalue weighted by atomic mass is 35.5. The van der Waals surface area contributed by atoms with E-state index in [1.807, 2.05) is 19.0 Å². The highest BCUT2D eigenvalue weighted by Gasteiger charge is 2.41. The van der Waals surface area contributed by atoms with Gasteiger partial charge in [-0.2, -0.15) is 13.2 Å². The number of benzene rings is 3. The molecule has 0 spiro atoms. The minimum Gasteiger partial charge on any atom is -0.496 e. The summed E-state index contributed by atoms with van der Waals surface area (Å²) in [6.07, 6.45) is 0.216. The van der Waals surface area contributed by atoms with E-state index in [2.05, 4.69) is 10.2 Å². The maximum atomic E-state index is 13.7.